The molecule has 118 valence electrons. The van der Waals surface area contributed by atoms with Crippen molar-refractivity contribution < 1.29 is 9.53 Å². The monoisotopic (exact) mass is 301 g/mol. The number of rotatable bonds is 5. The van der Waals surface area contributed by atoms with Crippen molar-refractivity contribution >= 4 is 16.8 Å². The van der Waals surface area contributed by atoms with Crippen LogP contribution in [0.4, 0.5) is 0 Å². The molecule has 1 aliphatic rings. The van der Waals surface area contributed by atoms with Gasteiger partial charge in [-0.15, -0.1) is 0 Å². The third kappa shape index (κ3) is 3.00. The molecule has 4 N–H and O–H groups in total. The SMILES string of the molecule is Cc1cccc2[nH]cc(CCNC(=O)[C@@H]3CC[C@H](CN)O3)c12. The first-order valence-corrected chi connectivity index (χ1v) is 7.88. The summed E-state index contributed by atoms with van der Waals surface area (Å²) in [6.45, 7) is 3.21. The van der Waals surface area contributed by atoms with Crippen LogP contribution in [0.25, 0.3) is 10.9 Å². The molecule has 0 saturated carbocycles. The van der Waals surface area contributed by atoms with Gasteiger partial charge in [-0.05, 0) is 43.4 Å². The van der Waals surface area contributed by atoms with Gasteiger partial charge in [0, 0.05) is 30.2 Å². The molecule has 2 heterocycles. The molecule has 5 nitrogen and oxygen atoms in total. The predicted molar refractivity (Wildman–Crippen MR) is 86.7 cm³/mol. The molecule has 1 amide bonds. The van der Waals surface area contributed by atoms with Crippen molar-refractivity contribution in [3.05, 3.63) is 35.5 Å². The van der Waals surface area contributed by atoms with E-state index in [9.17, 15) is 4.79 Å². The third-order valence-electron chi connectivity index (χ3n) is 4.35. The van der Waals surface area contributed by atoms with Crippen LogP contribution in [-0.4, -0.2) is 36.2 Å². The maximum absolute atomic E-state index is 12.1. The van der Waals surface area contributed by atoms with Crippen LogP contribution in [0.3, 0.4) is 0 Å². The number of hydrogen-bond donors (Lipinski definition) is 3. The van der Waals surface area contributed by atoms with Gasteiger partial charge >= 0.3 is 0 Å². The number of ether oxygens (including phenoxy) is 1. The number of nitrogens with one attached hydrogen (secondary N) is 2. The number of fused-ring (bicyclic) bond motifs is 1. The molecule has 0 bridgehead atoms. The molecule has 0 spiro atoms. The van der Waals surface area contributed by atoms with E-state index in [1.807, 2.05) is 12.3 Å². The molecular formula is C17H23N3O2. The second-order valence-electron chi connectivity index (χ2n) is 5.91. The number of amides is 1. The van der Waals surface area contributed by atoms with Crippen LogP contribution < -0.4 is 11.1 Å². The van der Waals surface area contributed by atoms with E-state index in [4.69, 9.17) is 10.5 Å². The van der Waals surface area contributed by atoms with Crippen molar-refractivity contribution in [3.8, 4) is 0 Å². The molecule has 0 radical (unpaired) electrons. The van der Waals surface area contributed by atoms with Crippen LogP contribution in [0, 0.1) is 6.92 Å². The first kappa shape index (κ1) is 15.1. The van der Waals surface area contributed by atoms with Gasteiger partial charge in [0.15, 0.2) is 0 Å². The Balaban J connectivity index is 1.55. The van der Waals surface area contributed by atoms with Crippen LogP contribution >= 0.6 is 0 Å². The normalized spacial score (nSPS) is 21.4. The topological polar surface area (TPSA) is 80.1 Å². The maximum atomic E-state index is 12.1. The highest BCUT2D eigenvalue weighted by Gasteiger charge is 2.29. The van der Waals surface area contributed by atoms with E-state index in [1.54, 1.807) is 0 Å². The minimum Gasteiger partial charge on any atom is -0.364 e. The average Bonchev–Trinajstić information content (AvgIpc) is 3.14. The van der Waals surface area contributed by atoms with Gasteiger partial charge in [-0.3, -0.25) is 4.79 Å². The zero-order valence-electron chi connectivity index (χ0n) is 12.9. The fourth-order valence-corrected chi connectivity index (χ4v) is 3.15. The number of nitrogens with two attached hydrogens (primary N) is 1. The van der Waals surface area contributed by atoms with Crippen molar-refractivity contribution in [1.82, 2.24) is 10.3 Å². The smallest absolute Gasteiger partial charge is 0.249 e. The fraction of sp³-hybridized carbons (Fsp3) is 0.471. The van der Waals surface area contributed by atoms with E-state index in [0.717, 1.165) is 24.8 Å². The Morgan fingerprint density at radius 1 is 1.45 bits per heavy atom. The van der Waals surface area contributed by atoms with Gasteiger partial charge in [0.25, 0.3) is 0 Å². The molecule has 5 heteroatoms. The Morgan fingerprint density at radius 3 is 3.09 bits per heavy atom. The predicted octanol–water partition coefficient (Wildman–Crippen LogP) is 1.64. The molecule has 0 aliphatic carbocycles. The quantitative estimate of drug-likeness (QED) is 0.785. The van der Waals surface area contributed by atoms with Crippen LogP contribution in [0.5, 0.6) is 0 Å². The Hall–Kier alpha value is -1.85. The largest absolute Gasteiger partial charge is 0.364 e. The number of aryl methyl sites for hydroxylation is 1. The summed E-state index contributed by atoms with van der Waals surface area (Å²) in [7, 11) is 0. The first-order valence-electron chi connectivity index (χ1n) is 7.88. The minimum atomic E-state index is -0.335. The summed E-state index contributed by atoms with van der Waals surface area (Å²) < 4.78 is 5.61. The highest BCUT2D eigenvalue weighted by Crippen LogP contribution is 2.22. The van der Waals surface area contributed by atoms with E-state index < -0.39 is 0 Å². The summed E-state index contributed by atoms with van der Waals surface area (Å²) in [5.74, 6) is -0.0208. The molecule has 1 aromatic carbocycles. The highest BCUT2D eigenvalue weighted by molar-refractivity contribution is 5.86. The van der Waals surface area contributed by atoms with E-state index >= 15 is 0 Å². The molecule has 2 aromatic rings. The number of H-pyrrole nitrogens is 1. The number of carbonyl (C=O) groups excluding carboxylic acids is 1. The molecule has 1 aliphatic heterocycles. The first-order chi connectivity index (χ1) is 10.7. The summed E-state index contributed by atoms with van der Waals surface area (Å²) >= 11 is 0. The molecular weight excluding hydrogens is 278 g/mol. The van der Waals surface area contributed by atoms with Crippen molar-refractivity contribution in [1.29, 1.82) is 0 Å². The lowest BCUT2D eigenvalue weighted by molar-refractivity contribution is -0.131. The lowest BCUT2D eigenvalue weighted by Crippen LogP contribution is -2.36. The summed E-state index contributed by atoms with van der Waals surface area (Å²) in [5.41, 5.74) is 9.20. The number of carbonyl (C=O) groups is 1. The highest BCUT2D eigenvalue weighted by atomic mass is 16.5. The number of hydrogen-bond acceptors (Lipinski definition) is 3. The van der Waals surface area contributed by atoms with Crippen LogP contribution in [0.15, 0.2) is 24.4 Å². The van der Waals surface area contributed by atoms with E-state index in [0.29, 0.717) is 13.1 Å². The molecule has 0 unspecified atom stereocenters. The Bertz CT molecular complexity index is 665. The summed E-state index contributed by atoms with van der Waals surface area (Å²) in [4.78, 5) is 15.4. The van der Waals surface area contributed by atoms with Crippen LogP contribution in [-0.2, 0) is 16.0 Å². The molecule has 1 aromatic heterocycles. The van der Waals surface area contributed by atoms with Gasteiger partial charge in [-0.25, -0.2) is 0 Å². The number of aromatic nitrogens is 1. The van der Waals surface area contributed by atoms with Crippen molar-refractivity contribution in [2.45, 2.75) is 38.4 Å². The van der Waals surface area contributed by atoms with Gasteiger partial charge in [-0.1, -0.05) is 12.1 Å². The lowest BCUT2D eigenvalue weighted by atomic mass is 10.1. The summed E-state index contributed by atoms with van der Waals surface area (Å²) in [6.07, 6.45) is 4.17. The van der Waals surface area contributed by atoms with E-state index in [1.165, 1.54) is 16.5 Å². The van der Waals surface area contributed by atoms with Crippen LogP contribution in [0.2, 0.25) is 0 Å². The molecule has 3 rings (SSSR count). The van der Waals surface area contributed by atoms with Crippen LogP contribution in [0.1, 0.15) is 24.0 Å². The van der Waals surface area contributed by atoms with Gasteiger partial charge in [0.2, 0.25) is 5.91 Å². The second-order valence-corrected chi connectivity index (χ2v) is 5.91. The van der Waals surface area contributed by atoms with E-state index in [-0.39, 0.29) is 18.1 Å². The van der Waals surface area contributed by atoms with Crippen molar-refractivity contribution in [3.63, 3.8) is 0 Å². The molecule has 1 saturated heterocycles. The van der Waals surface area contributed by atoms with Crippen molar-refractivity contribution in [2.24, 2.45) is 5.73 Å². The average molecular weight is 301 g/mol. The maximum Gasteiger partial charge on any atom is 0.249 e. The molecule has 1 fully saturated rings. The van der Waals surface area contributed by atoms with Gasteiger partial charge in [0.05, 0.1) is 6.10 Å². The summed E-state index contributed by atoms with van der Waals surface area (Å²) in [5, 5.41) is 4.23. The lowest BCUT2D eigenvalue weighted by Gasteiger charge is -2.12. The van der Waals surface area contributed by atoms with Crippen molar-refractivity contribution in [2.75, 3.05) is 13.1 Å². The summed E-state index contributed by atoms with van der Waals surface area (Å²) in [6, 6.07) is 6.23. The zero-order chi connectivity index (χ0) is 15.5. The number of aromatic amines is 1. The van der Waals surface area contributed by atoms with Gasteiger partial charge < -0.3 is 20.8 Å². The molecule has 2 atom stereocenters. The standard InChI is InChI=1S/C17H23N3O2/c1-11-3-2-4-14-16(11)12(10-20-14)7-8-19-17(21)15-6-5-13(9-18)22-15/h2-4,10,13,15,20H,5-9,18H2,1H3,(H,19,21)/t13-,15+/m1/s1. The minimum absolute atomic E-state index is 0.0208. The third-order valence-corrected chi connectivity index (χ3v) is 4.35. The molecule has 22 heavy (non-hydrogen) atoms. The Kier molecular flexibility index (Phi) is 4.45. The van der Waals surface area contributed by atoms with E-state index in [2.05, 4.69) is 29.4 Å². The van der Waals surface area contributed by atoms with Gasteiger partial charge in [-0.2, -0.15) is 0 Å². The Labute approximate surface area is 130 Å². The Morgan fingerprint density at radius 2 is 2.32 bits per heavy atom. The fourth-order valence-electron chi connectivity index (χ4n) is 3.15. The zero-order valence-corrected chi connectivity index (χ0v) is 12.9. The van der Waals surface area contributed by atoms with Gasteiger partial charge in [0.1, 0.15) is 6.10 Å². The number of benzene rings is 1. The second kappa shape index (κ2) is 6.50.